The van der Waals surface area contributed by atoms with Crippen molar-refractivity contribution in [2.24, 2.45) is 4.99 Å². The Labute approximate surface area is 182 Å². The molecule has 0 amide bonds. The summed E-state index contributed by atoms with van der Waals surface area (Å²) in [4.78, 5) is 4.19. The molecule has 2 rings (SSSR count). The molecule has 2 aromatic rings. The Balaban J connectivity index is 0.00000392. The minimum absolute atomic E-state index is 0. The number of anilines is 1. The van der Waals surface area contributed by atoms with Crippen molar-refractivity contribution in [3.05, 3.63) is 59.4 Å². The summed E-state index contributed by atoms with van der Waals surface area (Å²) < 4.78 is 24.2. The van der Waals surface area contributed by atoms with E-state index in [1.165, 1.54) is 6.07 Å². The van der Waals surface area contributed by atoms with E-state index in [1.807, 2.05) is 24.3 Å². The number of benzene rings is 2. The summed E-state index contributed by atoms with van der Waals surface area (Å²) >= 11 is 0. The van der Waals surface area contributed by atoms with Gasteiger partial charge < -0.3 is 25.2 Å². The average molecular weight is 503 g/mol. The Bertz CT molecular complexity index is 759. The van der Waals surface area contributed by atoms with Crippen LogP contribution in [-0.4, -0.2) is 38.4 Å². The van der Waals surface area contributed by atoms with Crippen LogP contribution in [0.2, 0.25) is 0 Å². The topological polar surface area (TPSA) is 75.1 Å². The van der Waals surface area contributed by atoms with Crippen LogP contribution < -0.4 is 15.4 Å². The van der Waals surface area contributed by atoms with Crippen molar-refractivity contribution < 1.29 is 19.0 Å². The fourth-order valence-electron chi connectivity index (χ4n) is 2.42. The van der Waals surface area contributed by atoms with Crippen LogP contribution in [0.25, 0.3) is 0 Å². The summed E-state index contributed by atoms with van der Waals surface area (Å²) in [7, 11) is 3.34. The highest BCUT2D eigenvalue weighted by molar-refractivity contribution is 14.0. The van der Waals surface area contributed by atoms with Gasteiger partial charge in [-0.15, -0.1) is 24.0 Å². The molecule has 0 aliphatic carbocycles. The average Bonchev–Trinajstić information content (AvgIpc) is 2.69. The number of aliphatic hydroxyl groups is 1. The SMILES string of the molecule is CN=C(NCc1ccc(F)c(CO)c1)Nc1cccc(OCCCOC)c1.I. The molecule has 0 atom stereocenters. The van der Waals surface area contributed by atoms with Gasteiger partial charge in [-0.25, -0.2) is 4.39 Å². The Kier molecular flexibility index (Phi) is 11.5. The number of aliphatic imine (C=N–C) groups is 1. The van der Waals surface area contributed by atoms with Gasteiger partial charge in [-0.2, -0.15) is 0 Å². The predicted octanol–water partition coefficient (Wildman–Crippen LogP) is 3.54. The molecule has 28 heavy (non-hydrogen) atoms. The molecule has 0 spiro atoms. The molecule has 6 nitrogen and oxygen atoms in total. The molecule has 0 aliphatic rings. The molecular weight excluding hydrogens is 476 g/mol. The molecule has 0 saturated carbocycles. The Morgan fingerprint density at radius 1 is 1.18 bits per heavy atom. The van der Waals surface area contributed by atoms with E-state index >= 15 is 0 Å². The van der Waals surface area contributed by atoms with E-state index in [1.54, 1.807) is 26.3 Å². The van der Waals surface area contributed by atoms with E-state index in [0.717, 1.165) is 23.4 Å². The van der Waals surface area contributed by atoms with Gasteiger partial charge >= 0.3 is 0 Å². The Morgan fingerprint density at radius 3 is 2.71 bits per heavy atom. The lowest BCUT2D eigenvalue weighted by molar-refractivity contribution is 0.172. The van der Waals surface area contributed by atoms with Crippen molar-refractivity contribution in [3.63, 3.8) is 0 Å². The van der Waals surface area contributed by atoms with Crippen molar-refractivity contribution >= 4 is 35.6 Å². The molecule has 0 saturated heterocycles. The summed E-state index contributed by atoms with van der Waals surface area (Å²) in [5.41, 5.74) is 1.96. The largest absolute Gasteiger partial charge is 0.493 e. The van der Waals surface area contributed by atoms with Gasteiger partial charge in [0, 0.05) is 51.0 Å². The number of ether oxygens (including phenoxy) is 2. The summed E-state index contributed by atoms with van der Waals surface area (Å²) in [6.07, 6.45) is 0.824. The number of halogens is 2. The van der Waals surface area contributed by atoms with Gasteiger partial charge in [0.25, 0.3) is 0 Å². The number of rotatable bonds is 9. The second-order valence-electron chi connectivity index (χ2n) is 5.86. The maximum absolute atomic E-state index is 13.5. The van der Waals surface area contributed by atoms with Crippen LogP contribution in [0.1, 0.15) is 17.5 Å². The number of methoxy groups -OCH3 is 1. The molecule has 0 fully saturated rings. The molecule has 0 unspecified atom stereocenters. The standard InChI is InChI=1S/C20H26FN3O3.HI/c1-22-20(23-13-15-7-8-19(21)16(11-15)14-25)24-17-5-3-6-18(12-17)27-10-4-9-26-2;/h3,5-8,11-12,25H,4,9-10,13-14H2,1-2H3,(H2,22,23,24);1H. The van der Waals surface area contributed by atoms with E-state index in [2.05, 4.69) is 15.6 Å². The Morgan fingerprint density at radius 2 is 2.00 bits per heavy atom. The van der Waals surface area contributed by atoms with Gasteiger partial charge in [0.05, 0.1) is 13.2 Å². The fourth-order valence-corrected chi connectivity index (χ4v) is 2.42. The van der Waals surface area contributed by atoms with Crippen LogP contribution in [-0.2, 0) is 17.9 Å². The molecule has 0 heterocycles. The molecular formula is C20H27FIN3O3. The third kappa shape index (κ3) is 7.99. The first-order valence-corrected chi connectivity index (χ1v) is 8.74. The smallest absolute Gasteiger partial charge is 0.195 e. The maximum atomic E-state index is 13.5. The number of hydrogen-bond donors (Lipinski definition) is 3. The first kappa shape index (κ1) is 24.1. The highest BCUT2D eigenvalue weighted by atomic mass is 127. The van der Waals surface area contributed by atoms with E-state index < -0.39 is 5.82 Å². The number of aliphatic hydroxyl groups excluding tert-OH is 1. The molecule has 0 aromatic heterocycles. The lowest BCUT2D eigenvalue weighted by Crippen LogP contribution is -2.30. The second kappa shape index (κ2) is 13.3. The summed E-state index contributed by atoms with van der Waals surface area (Å²) in [5.74, 6) is 0.921. The fraction of sp³-hybridized carbons (Fsp3) is 0.350. The number of guanidine groups is 1. The van der Waals surface area contributed by atoms with Crippen LogP contribution >= 0.6 is 24.0 Å². The van der Waals surface area contributed by atoms with Gasteiger partial charge in [0.1, 0.15) is 11.6 Å². The third-order valence-electron chi connectivity index (χ3n) is 3.82. The van der Waals surface area contributed by atoms with E-state index in [4.69, 9.17) is 14.6 Å². The highest BCUT2D eigenvalue weighted by Gasteiger charge is 2.05. The van der Waals surface area contributed by atoms with Crippen LogP contribution in [0.5, 0.6) is 5.75 Å². The van der Waals surface area contributed by atoms with Crippen molar-refractivity contribution in [3.8, 4) is 5.75 Å². The molecule has 8 heteroatoms. The van der Waals surface area contributed by atoms with Gasteiger partial charge in [0.15, 0.2) is 5.96 Å². The van der Waals surface area contributed by atoms with Gasteiger partial charge in [0.2, 0.25) is 0 Å². The predicted molar refractivity (Wildman–Crippen MR) is 120 cm³/mol. The van der Waals surface area contributed by atoms with E-state index in [0.29, 0.717) is 25.7 Å². The highest BCUT2D eigenvalue weighted by Crippen LogP contribution is 2.17. The number of nitrogens with zero attached hydrogens (tertiary/aromatic N) is 1. The van der Waals surface area contributed by atoms with Crippen molar-refractivity contribution in [1.29, 1.82) is 0 Å². The van der Waals surface area contributed by atoms with Gasteiger partial charge in [-0.05, 0) is 29.8 Å². The second-order valence-corrected chi connectivity index (χ2v) is 5.86. The zero-order valence-corrected chi connectivity index (χ0v) is 18.4. The lowest BCUT2D eigenvalue weighted by Gasteiger charge is -2.14. The number of nitrogens with one attached hydrogen (secondary N) is 2. The first-order valence-electron chi connectivity index (χ1n) is 8.74. The van der Waals surface area contributed by atoms with E-state index in [-0.39, 0.29) is 36.1 Å². The summed E-state index contributed by atoms with van der Waals surface area (Å²) in [6, 6.07) is 12.2. The molecule has 0 radical (unpaired) electrons. The molecule has 2 aromatic carbocycles. The third-order valence-corrected chi connectivity index (χ3v) is 3.82. The van der Waals surface area contributed by atoms with Crippen molar-refractivity contribution in [2.75, 3.05) is 32.7 Å². The Hall–Kier alpha value is -1.91. The lowest BCUT2D eigenvalue weighted by atomic mass is 10.1. The molecule has 0 aliphatic heterocycles. The first-order chi connectivity index (χ1) is 13.2. The maximum Gasteiger partial charge on any atom is 0.195 e. The van der Waals surface area contributed by atoms with Crippen LogP contribution in [0, 0.1) is 5.82 Å². The summed E-state index contributed by atoms with van der Waals surface area (Å²) in [6.45, 7) is 1.36. The van der Waals surface area contributed by atoms with E-state index in [9.17, 15) is 4.39 Å². The van der Waals surface area contributed by atoms with Gasteiger partial charge in [-0.3, -0.25) is 4.99 Å². The zero-order chi connectivity index (χ0) is 19.5. The minimum Gasteiger partial charge on any atom is -0.493 e. The zero-order valence-electron chi connectivity index (χ0n) is 16.1. The molecule has 3 N–H and O–H groups in total. The van der Waals surface area contributed by atoms with Crippen molar-refractivity contribution in [1.82, 2.24) is 5.32 Å². The molecule has 154 valence electrons. The van der Waals surface area contributed by atoms with Gasteiger partial charge in [-0.1, -0.05) is 12.1 Å². The summed E-state index contributed by atoms with van der Waals surface area (Å²) in [5, 5.41) is 15.5. The van der Waals surface area contributed by atoms with Crippen molar-refractivity contribution in [2.45, 2.75) is 19.6 Å². The number of hydrogen-bond acceptors (Lipinski definition) is 4. The molecule has 0 bridgehead atoms. The van der Waals surface area contributed by atoms with Crippen LogP contribution in [0.3, 0.4) is 0 Å². The van der Waals surface area contributed by atoms with Crippen LogP contribution in [0.15, 0.2) is 47.5 Å². The monoisotopic (exact) mass is 503 g/mol. The normalized spacial score (nSPS) is 10.9. The minimum atomic E-state index is -0.411. The quantitative estimate of drug-likeness (QED) is 0.211. The van der Waals surface area contributed by atoms with Crippen LogP contribution in [0.4, 0.5) is 10.1 Å².